The van der Waals surface area contributed by atoms with E-state index in [9.17, 15) is 9.18 Å². The Labute approximate surface area is 146 Å². The molecule has 1 unspecified atom stereocenters. The molecule has 0 bridgehead atoms. The van der Waals surface area contributed by atoms with Crippen LogP contribution in [0.25, 0.3) is 6.08 Å². The number of ether oxygens (including phenoxy) is 1. The molecule has 2 aromatic rings. The molecule has 2 heterocycles. The van der Waals surface area contributed by atoms with Gasteiger partial charge in [-0.15, -0.1) is 0 Å². The van der Waals surface area contributed by atoms with E-state index in [0.717, 1.165) is 36.4 Å². The molecule has 1 fully saturated rings. The molecule has 0 N–H and O–H groups in total. The third-order valence-corrected chi connectivity index (χ3v) is 4.15. The standard InChI is InChI=1S/C19H20FN3O2/c1-14-5-2-3-6-15(14)8-9-18(24)23-10-4-7-17(13-23)25-19-21-11-16(20)12-22-19/h2-3,5-6,8-9,11-12,17H,4,7,10,13H2,1H3/b9-8+. The lowest BCUT2D eigenvalue weighted by molar-refractivity contribution is -0.128. The number of aromatic nitrogens is 2. The van der Waals surface area contributed by atoms with Gasteiger partial charge in [0, 0.05) is 12.6 Å². The average Bonchev–Trinajstić information content (AvgIpc) is 2.63. The average molecular weight is 341 g/mol. The molecule has 1 aliphatic rings. The van der Waals surface area contributed by atoms with E-state index >= 15 is 0 Å². The first-order valence-electron chi connectivity index (χ1n) is 8.28. The van der Waals surface area contributed by atoms with Gasteiger partial charge >= 0.3 is 6.01 Å². The summed E-state index contributed by atoms with van der Waals surface area (Å²) >= 11 is 0. The lowest BCUT2D eigenvalue weighted by Gasteiger charge is -2.31. The van der Waals surface area contributed by atoms with Gasteiger partial charge in [0.05, 0.1) is 18.9 Å². The van der Waals surface area contributed by atoms with E-state index < -0.39 is 5.82 Å². The topological polar surface area (TPSA) is 55.3 Å². The molecule has 1 aliphatic heterocycles. The van der Waals surface area contributed by atoms with Crippen molar-refractivity contribution in [1.29, 1.82) is 0 Å². The van der Waals surface area contributed by atoms with E-state index in [1.165, 1.54) is 0 Å². The number of amides is 1. The van der Waals surface area contributed by atoms with E-state index in [1.54, 1.807) is 11.0 Å². The van der Waals surface area contributed by atoms with E-state index in [4.69, 9.17) is 4.74 Å². The summed E-state index contributed by atoms with van der Waals surface area (Å²) in [4.78, 5) is 21.8. The van der Waals surface area contributed by atoms with Crippen molar-refractivity contribution in [3.05, 3.63) is 59.7 Å². The molecule has 1 amide bonds. The highest BCUT2D eigenvalue weighted by Crippen LogP contribution is 2.16. The Hall–Kier alpha value is -2.76. The zero-order chi connectivity index (χ0) is 17.6. The van der Waals surface area contributed by atoms with Crippen molar-refractivity contribution in [2.75, 3.05) is 13.1 Å². The first kappa shape index (κ1) is 17.1. The van der Waals surface area contributed by atoms with Crippen LogP contribution in [0.15, 0.2) is 42.7 Å². The summed E-state index contributed by atoms with van der Waals surface area (Å²) in [7, 11) is 0. The lowest BCUT2D eigenvalue weighted by atomic mass is 10.1. The predicted octanol–water partition coefficient (Wildman–Crippen LogP) is 3.01. The summed E-state index contributed by atoms with van der Waals surface area (Å²) in [5.41, 5.74) is 2.15. The van der Waals surface area contributed by atoms with Crippen LogP contribution in [0.2, 0.25) is 0 Å². The molecule has 6 heteroatoms. The molecule has 3 rings (SSSR count). The molecular weight excluding hydrogens is 321 g/mol. The summed E-state index contributed by atoms with van der Waals surface area (Å²) in [5.74, 6) is -0.550. The number of likely N-dealkylation sites (tertiary alicyclic amines) is 1. The van der Waals surface area contributed by atoms with Crippen LogP contribution in [0.4, 0.5) is 4.39 Å². The fraction of sp³-hybridized carbons (Fsp3) is 0.316. The number of rotatable bonds is 4. The largest absolute Gasteiger partial charge is 0.458 e. The molecule has 25 heavy (non-hydrogen) atoms. The second-order valence-electron chi connectivity index (χ2n) is 6.04. The maximum absolute atomic E-state index is 12.8. The van der Waals surface area contributed by atoms with Gasteiger partial charge < -0.3 is 9.64 Å². The van der Waals surface area contributed by atoms with Crippen LogP contribution in [-0.4, -0.2) is 40.0 Å². The smallest absolute Gasteiger partial charge is 0.316 e. The van der Waals surface area contributed by atoms with Gasteiger partial charge in [-0.1, -0.05) is 24.3 Å². The molecule has 0 radical (unpaired) electrons. The SMILES string of the molecule is Cc1ccccc1/C=C/C(=O)N1CCCC(Oc2ncc(F)cn2)C1. The minimum absolute atomic E-state index is 0.0448. The van der Waals surface area contributed by atoms with Crippen LogP contribution >= 0.6 is 0 Å². The van der Waals surface area contributed by atoms with Crippen molar-refractivity contribution in [2.45, 2.75) is 25.9 Å². The highest BCUT2D eigenvalue weighted by atomic mass is 19.1. The van der Waals surface area contributed by atoms with Gasteiger partial charge in [-0.3, -0.25) is 4.79 Å². The van der Waals surface area contributed by atoms with Crippen LogP contribution in [0.5, 0.6) is 6.01 Å². The van der Waals surface area contributed by atoms with Crippen LogP contribution < -0.4 is 4.74 Å². The van der Waals surface area contributed by atoms with Crippen molar-refractivity contribution in [3.8, 4) is 6.01 Å². The number of carbonyl (C=O) groups excluding carboxylic acids is 1. The molecule has 0 saturated carbocycles. The molecule has 130 valence electrons. The van der Waals surface area contributed by atoms with E-state index in [2.05, 4.69) is 9.97 Å². The summed E-state index contributed by atoms with van der Waals surface area (Å²) in [6.07, 6.45) is 7.04. The maximum Gasteiger partial charge on any atom is 0.316 e. The highest BCUT2D eigenvalue weighted by Gasteiger charge is 2.24. The lowest BCUT2D eigenvalue weighted by Crippen LogP contribution is -2.43. The molecular formula is C19H20FN3O2. The Kier molecular flexibility index (Phi) is 5.38. The first-order chi connectivity index (χ1) is 12.1. The Morgan fingerprint density at radius 1 is 1.32 bits per heavy atom. The van der Waals surface area contributed by atoms with Crippen molar-refractivity contribution >= 4 is 12.0 Å². The summed E-state index contributed by atoms with van der Waals surface area (Å²) in [6, 6.07) is 8.05. The number of aryl methyl sites for hydroxylation is 1. The number of halogens is 1. The Bertz CT molecular complexity index is 762. The fourth-order valence-corrected chi connectivity index (χ4v) is 2.79. The first-order valence-corrected chi connectivity index (χ1v) is 8.28. The van der Waals surface area contributed by atoms with Crippen LogP contribution in [0.3, 0.4) is 0 Å². The molecule has 1 atom stereocenters. The number of benzene rings is 1. The molecule has 1 aromatic carbocycles. The second kappa shape index (κ2) is 7.88. The van der Waals surface area contributed by atoms with Gasteiger partial charge in [0.1, 0.15) is 6.10 Å². The monoisotopic (exact) mass is 341 g/mol. The normalized spacial score (nSPS) is 17.7. The van der Waals surface area contributed by atoms with Crippen LogP contribution in [0.1, 0.15) is 24.0 Å². The van der Waals surface area contributed by atoms with E-state index in [0.29, 0.717) is 13.1 Å². The minimum Gasteiger partial charge on any atom is -0.458 e. The maximum atomic E-state index is 12.8. The predicted molar refractivity (Wildman–Crippen MR) is 92.4 cm³/mol. The van der Waals surface area contributed by atoms with Gasteiger partial charge in [-0.25, -0.2) is 14.4 Å². The molecule has 0 aliphatic carbocycles. The third kappa shape index (κ3) is 4.62. The zero-order valence-electron chi connectivity index (χ0n) is 14.1. The number of hydrogen-bond donors (Lipinski definition) is 0. The van der Waals surface area contributed by atoms with E-state index in [1.807, 2.05) is 37.3 Å². The Balaban J connectivity index is 1.59. The highest BCUT2D eigenvalue weighted by molar-refractivity contribution is 5.92. The Morgan fingerprint density at radius 3 is 2.84 bits per heavy atom. The second-order valence-corrected chi connectivity index (χ2v) is 6.04. The Morgan fingerprint density at radius 2 is 2.08 bits per heavy atom. The number of hydrogen-bond acceptors (Lipinski definition) is 4. The van der Waals surface area contributed by atoms with Crippen LogP contribution in [0, 0.1) is 12.7 Å². The molecule has 5 nitrogen and oxygen atoms in total. The zero-order valence-corrected chi connectivity index (χ0v) is 14.1. The van der Waals surface area contributed by atoms with Gasteiger partial charge in [0.15, 0.2) is 5.82 Å². The summed E-state index contributed by atoms with van der Waals surface area (Å²) in [6.45, 7) is 3.18. The quantitative estimate of drug-likeness (QED) is 0.802. The van der Waals surface area contributed by atoms with Crippen molar-refractivity contribution in [2.24, 2.45) is 0 Å². The number of piperidine rings is 1. The van der Waals surface area contributed by atoms with Crippen molar-refractivity contribution in [3.63, 3.8) is 0 Å². The number of carbonyl (C=O) groups is 1. The third-order valence-electron chi connectivity index (χ3n) is 4.15. The van der Waals surface area contributed by atoms with Gasteiger partial charge in [-0.2, -0.15) is 0 Å². The molecule has 1 aromatic heterocycles. The van der Waals surface area contributed by atoms with Crippen LogP contribution in [-0.2, 0) is 4.79 Å². The summed E-state index contributed by atoms with van der Waals surface area (Å²) < 4.78 is 18.5. The van der Waals surface area contributed by atoms with E-state index in [-0.39, 0.29) is 18.0 Å². The van der Waals surface area contributed by atoms with Crippen molar-refractivity contribution < 1.29 is 13.9 Å². The van der Waals surface area contributed by atoms with Gasteiger partial charge in [0.25, 0.3) is 0 Å². The van der Waals surface area contributed by atoms with Crippen molar-refractivity contribution in [1.82, 2.24) is 14.9 Å². The molecule has 1 saturated heterocycles. The molecule has 0 spiro atoms. The number of nitrogens with zero attached hydrogens (tertiary/aromatic N) is 3. The minimum atomic E-state index is -0.505. The van der Waals surface area contributed by atoms with Gasteiger partial charge in [-0.05, 0) is 37.0 Å². The van der Waals surface area contributed by atoms with Gasteiger partial charge in [0.2, 0.25) is 5.91 Å². The fourth-order valence-electron chi connectivity index (χ4n) is 2.79. The summed E-state index contributed by atoms with van der Waals surface area (Å²) in [5, 5.41) is 0.